The minimum Gasteiger partial charge on any atom is -0.493 e. The summed E-state index contributed by atoms with van der Waals surface area (Å²) in [6.07, 6.45) is 0. The molecule has 0 bridgehead atoms. The zero-order chi connectivity index (χ0) is 23.8. The van der Waals surface area contributed by atoms with Gasteiger partial charge in [-0.3, -0.25) is 4.79 Å². The Kier molecular flexibility index (Phi) is 8.20. The van der Waals surface area contributed by atoms with Gasteiger partial charge in [0, 0.05) is 17.3 Å². The van der Waals surface area contributed by atoms with Crippen LogP contribution in [0.4, 0.5) is 5.69 Å². The highest BCUT2D eigenvalue weighted by Gasteiger charge is 2.15. The Balaban J connectivity index is 1.65. The Morgan fingerprint density at radius 2 is 1.45 bits per heavy atom. The zero-order valence-electron chi connectivity index (χ0n) is 19.0. The average Bonchev–Trinajstić information content (AvgIpc) is 2.86. The molecule has 0 saturated heterocycles. The minimum atomic E-state index is -0.178. The monoisotopic (exact) mass is 471 g/mol. The molecule has 0 atom stereocenters. The van der Waals surface area contributed by atoms with Gasteiger partial charge in [0.1, 0.15) is 5.03 Å². The molecule has 0 saturated carbocycles. The summed E-state index contributed by atoms with van der Waals surface area (Å²) in [4.78, 5) is 12.3. The van der Waals surface area contributed by atoms with Gasteiger partial charge in [0.05, 0.1) is 47.0 Å². The quantitative estimate of drug-likeness (QED) is 0.441. The molecule has 0 fully saturated rings. The summed E-state index contributed by atoms with van der Waals surface area (Å²) in [6.45, 7) is 0. The fourth-order valence-electron chi connectivity index (χ4n) is 3.03. The first-order valence-electron chi connectivity index (χ1n) is 9.81. The van der Waals surface area contributed by atoms with Crippen molar-refractivity contribution in [2.45, 2.75) is 5.03 Å². The second kappa shape index (κ2) is 11.3. The molecular formula is C23H25N3O6S. The first-order chi connectivity index (χ1) is 16.0. The average molecular weight is 472 g/mol. The Bertz CT molecular complexity index is 1080. The molecule has 0 radical (unpaired) electrons. The number of ether oxygens (including phenoxy) is 5. The van der Waals surface area contributed by atoms with Crippen LogP contribution < -0.4 is 29.0 Å². The molecular weight excluding hydrogens is 446 g/mol. The maximum absolute atomic E-state index is 12.3. The smallest absolute Gasteiger partial charge is 0.234 e. The second-order valence-electron chi connectivity index (χ2n) is 6.58. The molecule has 0 aliphatic carbocycles. The summed E-state index contributed by atoms with van der Waals surface area (Å²) in [6, 6.07) is 12.4. The fraction of sp³-hybridized carbons (Fsp3) is 0.261. The summed E-state index contributed by atoms with van der Waals surface area (Å²) in [5.74, 6) is 2.68. The molecule has 33 heavy (non-hydrogen) atoms. The summed E-state index contributed by atoms with van der Waals surface area (Å²) in [5, 5.41) is 11.9. The molecule has 1 heterocycles. The number of methoxy groups -OCH3 is 5. The van der Waals surface area contributed by atoms with Crippen molar-refractivity contribution in [3.05, 3.63) is 42.5 Å². The molecule has 0 aliphatic rings. The summed E-state index contributed by atoms with van der Waals surface area (Å²) in [5.41, 5.74) is 2.01. The first-order valence-corrected chi connectivity index (χ1v) is 10.8. The van der Waals surface area contributed by atoms with Crippen molar-refractivity contribution in [3.8, 4) is 40.0 Å². The van der Waals surface area contributed by atoms with Crippen LogP contribution >= 0.6 is 11.8 Å². The number of rotatable bonds is 10. The van der Waals surface area contributed by atoms with E-state index < -0.39 is 0 Å². The van der Waals surface area contributed by atoms with E-state index in [4.69, 9.17) is 23.7 Å². The van der Waals surface area contributed by atoms with Crippen molar-refractivity contribution in [3.63, 3.8) is 0 Å². The van der Waals surface area contributed by atoms with E-state index in [1.807, 2.05) is 6.07 Å². The molecule has 0 spiro atoms. The second-order valence-corrected chi connectivity index (χ2v) is 7.57. The van der Waals surface area contributed by atoms with E-state index >= 15 is 0 Å². The van der Waals surface area contributed by atoms with Crippen molar-refractivity contribution in [2.24, 2.45) is 0 Å². The number of anilines is 1. The van der Waals surface area contributed by atoms with Gasteiger partial charge in [-0.2, -0.15) is 0 Å². The van der Waals surface area contributed by atoms with Crippen LogP contribution in [0.15, 0.2) is 47.5 Å². The molecule has 9 nitrogen and oxygen atoms in total. The van der Waals surface area contributed by atoms with Crippen LogP contribution in [0.25, 0.3) is 11.3 Å². The molecule has 2 aromatic carbocycles. The predicted octanol–water partition coefficient (Wildman–Crippen LogP) is 3.92. The van der Waals surface area contributed by atoms with E-state index in [0.717, 1.165) is 5.56 Å². The molecule has 1 aromatic heterocycles. The predicted molar refractivity (Wildman–Crippen MR) is 126 cm³/mol. The third kappa shape index (κ3) is 5.78. The van der Waals surface area contributed by atoms with Crippen molar-refractivity contribution >= 4 is 23.4 Å². The highest BCUT2D eigenvalue weighted by Crippen LogP contribution is 2.40. The van der Waals surface area contributed by atoms with Crippen LogP contribution in [-0.2, 0) is 4.79 Å². The number of aromatic nitrogens is 2. The van der Waals surface area contributed by atoms with Gasteiger partial charge in [-0.1, -0.05) is 11.8 Å². The Morgan fingerprint density at radius 1 is 0.788 bits per heavy atom. The van der Waals surface area contributed by atoms with Crippen LogP contribution in [0, 0.1) is 0 Å². The highest BCUT2D eigenvalue weighted by atomic mass is 32.2. The molecule has 0 unspecified atom stereocenters. The molecule has 0 aliphatic heterocycles. The minimum absolute atomic E-state index is 0.173. The number of hydrogen-bond donors (Lipinski definition) is 1. The van der Waals surface area contributed by atoms with Gasteiger partial charge in [0.15, 0.2) is 23.0 Å². The van der Waals surface area contributed by atoms with Crippen LogP contribution in [0.3, 0.4) is 0 Å². The first kappa shape index (κ1) is 24.0. The Hall–Kier alpha value is -3.66. The third-order valence-electron chi connectivity index (χ3n) is 4.62. The zero-order valence-corrected chi connectivity index (χ0v) is 19.8. The molecule has 174 valence electrons. The van der Waals surface area contributed by atoms with Gasteiger partial charge in [-0.15, -0.1) is 10.2 Å². The number of hydrogen-bond acceptors (Lipinski definition) is 9. The summed E-state index contributed by atoms with van der Waals surface area (Å²) in [7, 11) is 7.76. The van der Waals surface area contributed by atoms with Crippen LogP contribution in [0.1, 0.15) is 0 Å². The lowest BCUT2D eigenvalue weighted by Crippen LogP contribution is -2.14. The third-order valence-corrected chi connectivity index (χ3v) is 5.54. The lowest BCUT2D eigenvalue weighted by Gasteiger charge is -2.13. The van der Waals surface area contributed by atoms with Gasteiger partial charge >= 0.3 is 0 Å². The number of benzene rings is 2. The van der Waals surface area contributed by atoms with Crippen LogP contribution in [-0.4, -0.2) is 57.4 Å². The number of carbonyl (C=O) groups is 1. The number of nitrogens with zero attached hydrogens (tertiary/aromatic N) is 2. The largest absolute Gasteiger partial charge is 0.493 e. The number of nitrogens with one attached hydrogen (secondary N) is 1. The Labute approximate surface area is 196 Å². The summed E-state index contributed by atoms with van der Waals surface area (Å²) >= 11 is 1.28. The van der Waals surface area contributed by atoms with Gasteiger partial charge in [-0.05, 0) is 36.4 Å². The SMILES string of the molecule is COc1ccc(NC(=O)CSc2ccc(-c3cc(OC)c(OC)c(OC)c3)nn2)cc1OC. The van der Waals surface area contributed by atoms with Crippen molar-refractivity contribution in [2.75, 3.05) is 46.6 Å². The molecule has 3 aromatic rings. The summed E-state index contributed by atoms with van der Waals surface area (Å²) < 4.78 is 26.6. The molecule has 1 amide bonds. The van der Waals surface area contributed by atoms with E-state index in [9.17, 15) is 4.79 Å². The van der Waals surface area contributed by atoms with Gasteiger partial charge < -0.3 is 29.0 Å². The van der Waals surface area contributed by atoms with E-state index in [-0.39, 0.29) is 11.7 Å². The fourth-order valence-corrected chi connectivity index (χ4v) is 3.64. The molecule has 3 rings (SSSR count). The van der Waals surface area contributed by atoms with E-state index in [1.54, 1.807) is 71.9 Å². The lowest BCUT2D eigenvalue weighted by molar-refractivity contribution is -0.113. The van der Waals surface area contributed by atoms with Crippen LogP contribution in [0.5, 0.6) is 28.7 Å². The van der Waals surface area contributed by atoms with Crippen LogP contribution in [0.2, 0.25) is 0 Å². The van der Waals surface area contributed by atoms with Gasteiger partial charge in [0.2, 0.25) is 11.7 Å². The maximum atomic E-state index is 12.3. The van der Waals surface area contributed by atoms with E-state index in [2.05, 4.69) is 15.5 Å². The van der Waals surface area contributed by atoms with Crippen molar-refractivity contribution in [1.82, 2.24) is 10.2 Å². The number of thioether (sulfide) groups is 1. The molecule has 1 N–H and O–H groups in total. The van der Waals surface area contributed by atoms with Gasteiger partial charge in [-0.25, -0.2) is 0 Å². The van der Waals surface area contributed by atoms with Crippen molar-refractivity contribution < 1.29 is 28.5 Å². The van der Waals surface area contributed by atoms with E-state index in [0.29, 0.717) is 45.2 Å². The molecule has 10 heteroatoms. The normalized spacial score (nSPS) is 10.3. The lowest BCUT2D eigenvalue weighted by atomic mass is 10.1. The maximum Gasteiger partial charge on any atom is 0.234 e. The highest BCUT2D eigenvalue weighted by molar-refractivity contribution is 7.99. The van der Waals surface area contributed by atoms with Crippen molar-refractivity contribution in [1.29, 1.82) is 0 Å². The topological polar surface area (TPSA) is 101 Å². The number of carbonyl (C=O) groups excluding carboxylic acids is 1. The number of amides is 1. The standard InChI is InChI=1S/C23H25N3O6S/c1-28-17-8-6-15(12-18(17)29-2)24-21(27)13-33-22-9-7-16(25-26-22)14-10-19(30-3)23(32-5)20(11-14)31-4/h6-12H,13H2,1-5H3,(H,24,27). The Morgan fingerprint density at radius 3 is 2.00 bits per heavy atom. The van der Waals surface area contributed by atoms with E-state index in [1.165, 1.54) is 11.8 Å². The van der Waals surface area contributed by atoms with Gasteiger partial charge in [0.25, 0.3) is 0 Å².